The van der Waals surface area contributed by atoms with Crippen LogP contribution in [0.1, 0.15) is 19.4 Å². The lowest BCUT2D eigenvalue weighted by molar-refractivity contribution is -0.145. The molecule has 0 spiro atoms. The van der Waals surface area contributed by atoms with E-state index < -0.39 is 17.9 Å². The van der Waals surface area contributed by atoms with Gasteiger partial charge in [-0.05, 0) is 60.2 Å². The van der Waals surface area contributed by atoms with Crippen LogP contribution < -0.4 is 20.1 Å². The van der Waals surface area contributed by atoms with E-state index in [9.17, 15) is 14.4 Å². The van der Waals surface area contributed by atoms with Crippen molar-refractivity contribution in [2.45, 2.75) is 13.8 Å². The van der Waals surface area contributed by atoms with Crippen LogP contribution in [0.3, 0.4) is 0 Å². The second-order valence-electron chi connectivity index (χ2n) is 4.82. The summed E-state index contributed by atoms with van der Waals surface area (Å²) in [6.07, 6.45) is 1.53. The van der Waals surface area contributed by atoms with Crippen LogP contribution in [0.5, 0.6) is 11.5 Å². The second-order valence-corrected chi connectivity index (χ2v) is 5.99. The maximum absolute atomic E-state index is 11.6. The predicted molar refractivity (Wildman–Crippen MR) is 97.1 cm³/mol. The molecule has 134 valence electrons. The quantitative estimate of drug-likeness (QED) is 0.279. The molecule has 0 unspecified atom stereocenters. The van der Waals surface area contributed by atoms with Crippen LogP contribution in [0.15, 0.2) is 17.8 Å². The van der Waals surface area contributed by atoms with Gasteiger partial charge in [0.15, 0.2) is 18.1 Å². The van der Waals surface area contributed by atoms with E-state index in [0.717, 1.165) is 0 Å². The van der Waals surface area contributed by atoms with Crippen LogP contribution in [-0.4, -0.2) is 37.7 Å². The molecule has 0 radical (unpaired) electrons. The average Bonchev–Trinajstić information content (AvgIpc) is 2.84. The lowest BCUT2D eigenvalue weighted by Crippen LogP contribution is -2.22. The molecule has 1 aliphatic rings. The Balaban J connectivity index is 2.27. The average molecular weight is 460 g/mol. The third kappa shape index (κ3) is 5.08. The molecule has 3 amide bonds. The second kappa shape index (κ2) is 8.70. The van der Waals surface area contributed by atoms with Gasteiger partial charge in [0.05, 0.1) is 16.8 Å². The van der Waals surface area contributed by atoms with Gasteiger partial charge in [0.2, 0.25) is 0 Å². The fourth-order valence-electron chi connectivity index (χ4n) is 2.06. The van der Waals surface area contributed by atoms with Crippen molar-refractivity contribution in [1.82, 2.24) is 10.6 Å². The highest BCUT2D eigenvalue weighted by Gasteiger charge is 2.23. The van der Waals surface area contributed by atoms with Crippen LogP contribution in [-0.2, 0) is 14.3 Å². The number of halogens is 1. The lowest BCUT2D eigenvalue weighted by Gasteiger charge is -2.14. The number of hydrogen-bond acceptors (Lipinski definition) is 6. The molecule has 1 heterocycles. The molecular formula is C16H17IN2O6. The fourth-order valence-corrected chi connectivity index (χ4v) is 2.84. The summed E-state index contributed by atoms with van der Waals surface area (Å²) in [4.78, 5) is 34.3. The zero-order chi connectivity index (χ0) is 18.4. The van der Waals surface area contributed by atoms with Gasteiger partial charge in [0.25, 0.3) is 5.91 Å². The molecule has 1 saturated heterocycles. The predicted octanol–water partition coefficient (Wildman–Crippen LogP) is 1.81. The molecule has 0 saturated carbocycles. The minimum absolute atomic E-state index is 0.142. The Labute approximate surface area is 158 Å². The SMILES string of the molecule is CCOC(=O)COc1c(I)cc(C=C2NC(=O)NC2=O)cc1OCC. The molecule has 25 heavy (non-hydrogen) atoms. The molecule has 0 bridgehead atoms. The number of carbonyl (C=O) groups excluding carboxylic acids is 3. The van der Waals surface area contributed by atoms with Gasteiger partial charge < -0.3 is 19.5 Å². The third-order valence-corrected chi connectivity index (χ3v) is 3.80. The van der Waals surface area contributed by atoms with Crippen molar-refractivity contribution in [3.05, 3.63) is 27.0 Å². The van der Waals surface area contributed by atoms with Crippen molar-refractivity contribution in [3.63, 3.8) is 0 Å². The summed E-state index contributed by atoms with van der Waals surface area (Å²) in [6, 6.07) is 2.84. The summed E-state index contributed by atoms with van der Waals surface area (Å²) in [7, 11) is 0. The van der Waals surface area contributed by atoms with Crippen molar-refractivity contribution in [2.24, 2.45) is 0 Å². The van der Waals surface area contributed by atoms with Gasteiger partial charge in [-0.25, -0.2) is 9.59 Å². The number of ether oxygens (including phenoxy) is 3. The highest BCUT2D eigenvalue weighted by Crippen LogP contribution is 2.35. The zero-order valence-corrected chi connectivity index (χ0v) is 15.8. The maximum atomic E-state index is 11.6. The van der Waals surface area contributed by atoms with E-state index in [1.807, 2.05) is 29.5 Å². The van der Waals surface area contributed by atoms with E-state index >= 15 is 0 Å². The van der Waals surface area contributed by atoms with Crippen molar-refractivity contribution in [3.8, 4) is 11.5 Å². The Kier molecular flexibility index (Phi) is 6.62. The van der Waals surface area contributed by atoms with Crippen molar-refractivity contribution in [2.75, 3.05) is 19.8 Å². The molecule has 9 heteroatoms. The first-order valence-electron chi connectivity index (χ1n) is 7.53. The summed E-state index contributed by atoms with van der Waals surface area (Å²) < 4.78 is 16.6. The van der Waals surface area contributed by atoms with E-state index in [-0.39, 0.29) is 18.9 Å². The number of rotatable bonds is 7. The Morgan fingerprint density at radius 1 is 1.16 bits per heavy atom. The number of carbonyl (C=O) groups is 3. The molecule has 0 atom stereocenters. The lowest BCUT2D eigenvalue weighted by atomic mass is 10.1. The molecule has 1 aliphatic heterocycles. The summed E-state index contributed by atoms with van der Waals surface area (Å²) in [6.45, 7) is 3.97. The first kappa shape index (κ1) is 19.0. The number of urea groups is 1. The molecule has 0 aromatic heterocycles. The Morgan fingerprint density at radius 3 is 2.52 bits per heavy atom. The van der Waals surface area contributed by atoms with Crippen molar-refractivity contribution < 1.29 is 28.6 Å². The van der Waals surface area contributed by atoms with E-state index in [0.29, 0.717) is 27.2 Å². The minimum Gasteiger partial charge on any atom is -0.490 e. The summed E-state index contributed by atoms with van der Waals surface area (Å²) >= 11 is 2.04. The van der Waals surface area contributed by atoms with Crippen molar-refractivity contribution >= 4 is 46.6 Å². The van der Waals surface area contributed by atoms with E-state index in [1.54, 1.807) is 19.1 Å². The van der Waals surface area contributed by atoms with Gasteiger partial charge in [0, 0.05) is 0 Å². The van der Waals surface area contributed by atoms with Crippen LogP contribution in [0.2, 0.25) is 0 Å². The zero-order valence-electron chi connectivity index (χ0n) is 13.7. The van der Waals surface area contributed by atoms with Gasteiger partial charge in [0.1, 0.15) is 5.70 Å². The van der Waals surface area contributed by atoms with Crippen LogP contribution in [0.4, 0.5) is 4.79 Å². The Hall–Kier alpha value is -2.30. The summed E-state index contributed by atoms with van der Waals surface area (Å²) in [5, 5.41) is 4.55. The highest BCUT2D eigenvalue weighted by atomic mass is 127. The molecule has 0 aliphatic carbocycles. The van der Waals surface area contributed by atoms with Gasteiger partial charge in [-0.15, -0.1) is 0 Å². The number of hydrogen-bond donors (Lipinski definition) is 2. The highest BCUT2D eigenvalue weighted by molar-refractivity contribution is 14.1. The molecule has 2 rings (SSSR count). The van der Waals surface area contributed by atoms with E-state index in [2.05, 4.69) is 10.6 Å². The third-order valence-electron chi connectivity index (χ3n) is 3.00. The first-order valence-corrected chi connectivity index (χ1v) is 8.61. The Bertz CT molecular complexity index is 732. The molecule has 1 aromatic carbocycles. The standard InChI is InChI=1S/C16H17IN2O6/c1-3-23-12-7-9(6-11-15(21)19-16(22)18-11)5-10(17)14(12)25-8-13(20)24-4-2/h5-7H,3-4,8H2,1-2H3,(H2,18,19,21,22). The topological polar surface area (TPSA) is 103 Å². The fraction of sp³-hybridized carbons (Fsp3) is 0.312. The number of nitrogens with one attached hydrogen (secondary N) is 2. The molecule has 8 nitrogen and oxygen atoms in total. The number of esters is 1. The monoisotopic (exact) mass is 460 g/mol. The molecule has 1 aromatic rings. The van der Waals surface area contributed by atoms with Gasteiger partial charge in [-0.1, -0.05) is 0 Å². The number of amides is 3. The van der Waals surface area contributed by atoms with Gasteiger partial charge in [-0.2, -0.15) is 0 Å². The number of imide groups is 1. The van der Waals surface area contributed by atoms with Crippen molar-refractivity contribution in [1.29, 1.82) is 0 Å². The smallest absolute Gasteiger partial charge is 0.344 e. The normalized spacial score (nSPS) is 14.9. The number of benzene rings is 1. The van der Waals surface area contributed by atoms with Crippen LogP contribution >= 0.6 is 22.6 Å². The van der Waals surface area contributed by atoms with E-state index in [4.69, 9.17) is 14.2 Å². The largest absolute Gasteiger partial charge is 0.490 e. The minimum atomic E-state index is -0.564. The Morgan fingerprint density at radius 2 is 1.92 bits per heavy atom. The van der Waals surface area contributed by atoms with Crippen LogP contribution in [0.25, 0.3) is 6.08 Å². The maximum Gasteiger partial charge on any atom is 0.344 e. The van der Waals surface area contributed by atoms with Gasteiger partial charge in [-0.3, -0.25) is 10.1 Å². The van der Waals surface area contributed by atoms with Crippen LogP contribution in [0, 0.1) is 3.57 Å². The summed E-state index contributed by atoms with van der Waals surface area (Å²) in [5.74, 6) is -0.134. The molecule has 1 fully saturated rings. The first-order chi connectivity index (χ1) is 11.9. The van der Waals surface area contributed by atoms with Gasteiger partial charge >= 0.3 is 12.0 Å². The molecule has 2 N–H and O–H groups in total. The van der Waals surface area contributed by atoms with E-state index in [1.165, 1.54) is 6.08 Å². The summed E-state index contributed by atoms with van der Waals surface area (Å²) in [5.41, 5.74) is 0.784. The molecular weight excluding hydrogens is 443 g/mol.